The molecule has 6 rings (SSSR count). The Hall–Kier alpha value is -4.60. The van der Waals surface area contributed by atoms with E-state index in [2.05, 4.69) is 108 Å². The number of likely N-dealkylation sites (N-methyl/N-ethyl adjacent to an activating group) is 2. The maximum atomic E-state index is 11.1. The highest BCUT2D eigenvalue weighted by Gasteiger charge is 2.12. The molecule has 2 heterocycles. The Kier molecular flexibility index (Phi) is 7.45. The molecule has 0 saturated carbocycles. The highest BCUT2D eigenvalue weighted by Crippen LogP contribution is 2.32. The molecule has 4 aromatic rings. The first kappa shape index (κ1) is 27.6. The zero-order valence-electron chi connectivity index (χ0n) is 24.2. The minimum Gasteiger partial charge on any atom is -0.373 e. The summed E-state index contributed by atoms with van der Waals surface area (Å²) in [5.41, 5.74) is 7.46. The number of hydrogen-bond acceptors (Lipinski definition) is 6. The van der Waals surface area contributed by atoms with Crippen molar-refractivity contribution in [2.45, 2.75) is 6.54 Å². The molecule has 8 nitrogen and oxygen atoms in total. The van der Waals surface area contributed by atoms with E-state index in [9.17, 15) is 10.1 Å². The standard InChI is InChI=1S/C33H33N6O2S/c1-36(2)25-9-13-29-32(19-25)42-33-20-26(10-14-30(33)35-29)38(4)16-15-37(3)21-22-5-7-23(8-6-22)31-18-24-17-27(39(40)41)11-12-28(24)34-31/h5-14,17-20,34H,15-16,21H2,1-4H3/q+1. The van der Waals surface area contributed by atoms with Crippen LogP contribution in [0.5, 0.6) is 0 Å². The van der Waals surface area contributed by atoms with Gasteiger partial charge in [0.15, 0.2) is 0 Å². The number of anilines is 1. The number of nitrogens with one attached hydrogen (secondary N) is 1. The van der Waals surface area contributed by atoms with Gasteiger partial charge in [0.1, 0.15) is 14.1 Å². The fraction of sp³-hybridized carbons (Fsp3) is 0.212. The maximum absolute atomic E-state index is 11.1. The van der Waals surface area contributed by atoms with Crippen LogP contribution in [0.1, 0.15) is 5.56 Å². The lowest BCUT2D eigenvalue weighted by atomic mass is 10.1. The Bertz CT molecular complexity index is 1960. The molecule has 0 atom stereocenters. The Balaban J connectivity index is 1.09. The lowest BCUT2D eigenvalue weighted by molar-refractivity contribution is -0.384. The molecule has 0 fully saturated rings. The monoisotopic (exact) mass is 577 g/mol. The lowest BCUT2D eigenvalue weighted by Crippen LogP contribution is -2.30. The van der Waals surface area contributed by atoms with Gasteiger partial charge in [-0.2, -0.15) is 0 Å². The smallest absolute Gasteiger partial charge is 0.270 e. The van der Waals surface area contributed by atoms with Gasteiger partial charge < -0.3 is 14.8 Å². The van der Waals surface area contributed by atoms with E-state index in [0.717, 1.165) is 53.0 Å². The van der Waals surface area contributed by atoms with Gasteiger partial charge in [0.25, 0.3) is 5.69 Å². The van der Waals surface area contributed by atoms with Gasteiger partial charge in [-0.25, -0.2) is 9.56 Å². The first-order chi connectivity index (χ1) is 20.2. The summed E-state index contributed by atoms with van der Waals surface area (Å²) in [7, 11) is 8.40. The molecule has 1 aliphatic carbocycles. The minimum absolute atomic E-state index is 0.0996. The average molecular weight is 578 g/mol. The molecule has 0 radical (unpaired) electrons. The third-order valence-electron chi connectivity index (χ3n) is 7.65. The van der Waals surface area contributed by atoms with E-state index in [1.165, 1.54) is 32.3 Å². The summed E-state index contributed by atoms with van der Waals surface area (Å²) in [6.45, 7) is 2.66. The summed E-state index contributed by atoms with van der Waals surface area (Å²) in [6, 6.07) is 28.3. The molecule has 1 aliphatic heterocycles. The fourth-order valence-electron chi connectivity index (χ4n) is 5.14. The van der Waals surface area contributed by atoms with Crippen molar-refractivity contribution in [1.82, 2.24) is 19.4 Å². The normalized spacial score (nSPS) is 11.5. The Morgan fingerprint density at radius 2 is 1.71 bits per heavy atom. The van der Waals surface area contributed by atoms with Gasteiger partial charge >= 0.3 is 0 Å². The number of nitro groups is 1. The van der Waals surface area contributed by atoms with Crippen LogP contribution < -0.4 is 14.8 Å². The van der Waals surface area contributed by atoms with E-state index in [-0.39, 0.29) is 10.6 Å². The third-order valence-corrected chi connectivity index (χ3v) is 8.75. The van der Waals surface area contributed by atoms with Crippen molar-refractivity contribution in [1.29, 1.82) is 0 Å². The number of aromatic nitrogens is 2. The van der Waals surface area contributed by atoms with Crippen LogP contribution >= 0.6 is 11.3 Å². The number of aromatic amines is 1. The summed E-state index contributed by atoms with van der Waals surface area (Å²) >= 11 is 1.79. The molecule has 0 saturated heterocycles. The van der Waals surface area contributed by atoms with Crippen LogP contribution in [-0.4, -0.2) is 61.1 Å². The van der Waals surface area contributed by atoms with Gasteiger partial charge in [0, 0.05) is 73.2 Å². The van der Waals surface area contributed by atoms with Crippen molar-refractivity contribution in [2.24, 2.45) is 0 Å². The van der Waals surface area contributed by atoms with Crippen LogP contribution in [0, 0.1) is 10.1 Å². The molecule has 2 aliphatic rings. The van der Waals surface area contributed by atoms with Crippen LogP contribution in [0.4, 0.5) is 11.4 Å². The molecule has 0 amide bonds. The second-order valence-electron chi connectivity index (χ2n) is 11.0. The van der Waals surface area contributed by atoms with E-state index in [4.69, 9.17) is 4.98 Å². The maximum Gasteiger partial charge on any atom is 0.270 e. The van der Waals surface area contributed by atoms with Crippen molar-refractivity contribution in [3.8, 4) is 21.8 Å². The number of hydrogen-bond donors (Lipinski definition) is 1. The molecular weight excluding hydrogens is 544 g/mol. The predicted molar refractivity (Wildman–Crippen MR) is 173 cm³/mol. The summed E-state index contributed by atoms with van der Waals surface area (Å²) < 4.78 is 3.30. The average Bonchev–Trinajstić information content (AvgIpc) is 3.42. The second kappa shape index (κ2) is 11.3. The van der Waals surface area contributed by atoms with Gasteiger partial charge in [-0.1, -0.05) is 24.3 Å². The summed E-state index contributed by atoms with van der Waals surface area (Å²) in [5.74, 6) is 0. The van der Waals surface area contributed by atoms with Gasteiger partial charge in [-0.3, -0.25) is 10.1 Å². The molecule has 0 bridgehead atoms. The molecule has 42 heavy (non-hydrogen) atoms. The molecule has 1 aromatic heterocycles. The summed E-state index contributed by atoms with van der Waals surface area (Å²) in [5, 5.41) is 13.1. The van der Waals surface area contributed by atoms with Crippen molar-refractivity contribution in [3.63, 3.8) is 0 Å². The first-order valence-corrected chi connectivity index (χ1v) is 14.7. The Morgan fingerprint density at radius 3 is 2.48 bits per heavy atom. The number of rotatable bonds is 8. The number of non-ortho nitro benzene ring substituents is 1. The number of nitro benzene ring substituents is 1. The van der Waals surface area contributed by atoms with Crippen LogP contribution in [0.25, 0.3) is 42.9 Å². The molecule has 3 aromatic carbocycles. The molecule has 1 N–H and O–H groups in total. The summed E-state index contributed by atoms with van der Waals surface area (Å²) in [4.78, 5) is 24.8. The van der Waals surface area contributed by atoms with Crippen molar-refractivity contribution in [2.75, 3.05) is 46.2 Å². The lowest BCUT2D eigenvalue weighted by Gasteiger charge is -2.24. The second-order valence-corrected chi connectivity index (χ2v) is 12.1. The third kappa shape index (κ3) is 5.74. The van der Waals surface area contributed by atoms with Crippen LogP contribution in [-0.2, 0) is 6.54 Å². The van der Waals surface area contributed by atoms with Crippen molar-refractivity contribution < 1.29 is 4.92 Å². The van der Waals surface area contributed by atoms with E-state index in [1.54, 1.807) is 23.5 Å². The number of benzene rings is 4. The molecular formula is C33H33N6O2S+. The van der Waals surface area contributed by atoms with Gasteiger partial charge in [-0.05, 0) is 54.6 Å². The number of fused-ring (bicyclic) bond motifs is 3. The number of nitrogens with zero attached hydrogens (tertiary/aromatic N) is 5. The number of H-pyrrole nitrogens is 1. The highest BCUT2D eigenvalue weighted by molar-refractivity contribution is 7.21. The zero-order valence-corrected chi connectivity index (χ0v) is 25.0. The van der Waals surface area contributed by atoms with Crippen LogP contribution in [0.2, 0.25) is 0 Å². The van der Waals surface area contributed by atoms with E-state index < -0.39 is 0 Å². The van der Waals surface area contributed by atoms with Crippen LogP contribution in [0.3, 0.4) is 0 Å². The minimum atomic E-state index is -0.364. The van der Waals surface area contributed by atoms with Crippen molar-refractivity contribution >= 4 is 43.8 Å². The Morgan fingerprint density at radius 1 is 0.905 bits per heavy atom. The molecule has 9 heteroatoms. The van der Waals surface area contributed by atoms with E-state index >= 15 is 0 Å². The first-order valence-electron chi connectivity index (χ1n) is 13.8. The fourth-order valence-corrected chi connectivity index (χ4v) is 6.17. The van der Waals surface area contributed by atoms with Gasteiger partial charge in [-0.15, -0.1) is 11.3 Å². The molecule has 212 valence electrons. The van der Waals surface area contributed by atoms with Crippen molar-refractivity contribution in [3.05, 3.63) is 106 Å². The van der Waals surface area contributed by atoms with Gasteiger partial charge in [0.05, 0.1) is 25.7 Å². The predicted octanol–water partition coefficient (Wildman–Crippen LogP) is 6.06. The summed E-state index contributed by atoms with van der Waals surface area (Å²) in [6.07, 6.45) is 0. The molecule has 0 spiro atoms. The Labute approximate surface area is 248 Å². The SMILES string of the molecule is CN(CCN(C)c1ccc2nc3ccc(=[N+](C)C)cc-3sc2c1)Cc1ccc(-c2cc3cc([N+](=O)[O-])ccc3[nH]2)cc1. The largest absolute Gasteiger partial charge is 0.373 e. The topological polar surface area (TPSA) is 81.3 Å². The van der Waals surface area contributed by atoms with Crippen LogP contribution in [0.15, 0.2) is 84.9 Å². The molecule has 0 unspecified atom stereocenters. The zero-order chi connectivity index (χ0) is 29.4. The highest BCUT2D eigenvalue weighted by atomic mass is 32.1. The quantitative estimate of drug-likeness (QED) is 0.103. The van der Waals surface area contributed by atoms with E-state index in [1.807, 2.05) is 6.07 Å². The van der Waals surface area contributed by atoms with E-state index in [0.29, 0.717) is 0 Å². The van der Waals surface area contributed by atoms with Gasteiger partial charge in [0.2, 0.25) is 5.36 Å².